The molecule has 0 aliphatic carbocycles. The summed E-state index contributed by atoms with van der Waals surface area (Å²) in [5.74, 6) is 0.596. The van der Waals surface area contributed by atoms with Crippen molar-refractivity contribution >= 4 is 16.8 Å². The number of nitrogens with zero attached hydrogens (tertiary/aromatic N) is 1. The molecule has 0 aliphatic heterocycles. The van der Waals surface area contributed by atoms with Gasteiger partial charge in [0.05, 0.1) is 11.8 Å². The fourth-order valence-electron chi connectivity index (χ4n) is 2.23. The third-order valence-electron chi connectivity index (χ3n) is 3.45. The van der Waals surface area contributed by atoms with Crippen molar-refractivity contribution in [2.45, 2.75) is 58.7 Å². The van der Waals surface area contributed by atoms with E-state index >= 15 is 0 Å². The molecule has 1 heterocycles. The second-order valence-electron chi connectivity index (χ2n) is 5.27. The van der Waals surface area contributed by atoms with Crippen molar-refractivity contribution in [1.29, 1.82) is 0 Å². The van der Waals surface area contributed by atoms with Gasteiger partial charge in [0.1, 0.15) is 12.1 Å². The molecule has 20 heavy (non-hydrogen) atoms. The highest BCUT2D eigenvalue weighted by molar-refractivity contribution is 5.85. The van der Waals surface area contributed by atoms with Crippen molar-refractivity contribution in [2.24, 2.45) is 0 Å². The number of nitrogen functional groups attached to an aromatic ring is 1. The number of anilines is 1. The van der Waals surface area contributed by atoms with Gasteiger partial charge in [0.2, 0.25) is 5.89 Å². The van der Waals surface area contributed by atoms with Gasteiger partial charge < -0.3 is 14.9 Å². The van der Waals surface area contributed by atoms with Gasteiger partial charge >= 0.3 is 0 Å². The van der Waals surface area contributed by atoms with Crippen LogP contribution in [0, 0.1) is 0 Å². The Labute approximate surface area is 120 Å². The molecule has 1 unspecified atom stereocenters. The maximum Gasteiger partial charge on any atom is 0.221 e. The van der Waals surface area contributed by atoms with Crippen LogP contribution in [-0.4, -0.2) is 11.1 Å². The smallest absolute Gasteiger partial charge is 0.221 e. The lowest BCUT2D eigenvalue weighted by Gasteiger charge is -2.11. The normalized spacial score (nSPS) is 12.9. The van der Waals surface area contributed by atoms with Gasteiger partial charge in [-0.1, -0.05) is 38.7 Å². The number of hydrogen-bond acceptors (Lipinski definition) is 4. The summed E-state index contributed by atoms with van der Waals surface area (Å²) in [7, 11) is 0. The van der Waals surface area contributed by atoms with Crippen LogP contribution in [0.25, 0.3) is 11.1 Å². The minimum atomic E-state index is 0.235. The molecule has 1 atom stereocenters. The van der Waals surface area contributed by atoms with E-state index < -0.39 is 0 Å². The summed E-state index contributed by atoms with van der Waals surface area (Å²) < 4.78 is 11.4. The van der Waals surface area contributed by atoms with Crippen LogP contribution in [0.5, 0.6) is 0 Å². The quantitative estimate of drug-likeness (QED) is 0.577. The fourth-order valence-corrected chi connectivity index (χ4v) is 2.23. The van der Waals surface area contributed by atoms with Crippen LogP contribution >= 0.6 is 0 Å². The summed E-state index contributed by atoms with van der Waals surface area (Å²) in [5.41, 5.74) is 7.95. The van der Waals surface area contributed by atoms with Crippen LogP contribution < -0.4 is 5.73 Å². The summed E-state index contributed by atoms with van der Waals surface area (Å²) in [5, 5.41) is 0. The van der Waals surface area contributed by atoms with Gasteiger partial charge in [0, 0.05) is 0 Å². The lowest BCUT2D eigenvalue weighted by Crippen LogP contribution is -2.08. The van der Waals surface area contributed by atoms with Crippen molar-refractivity contribution < 1.29 is 9.15 Å². The summed E-state index contributed by atoms with van der Waals surface area (Å²) in [6, 6.07) is 5.56. The Hall–Kier alpha value is -1.55. The molecule has 0 amide bonds. The molecule has 0 radical (unpaired) electrons. The Bertz CT molecular complexity index is 536. The average Bonchev–Trinajstić information content (AvgIpc) is 2.86. The second kappa shape index (κ2) is 7.29. The molecule has 2 aromatic rings. The SMILES string of the molecule is CCCCCCC(C)OCc1nc2c(N)cccc2o1. The molecule has 0 saturated carbocycles. The number of oxazole rings is 1. The van der Waals surface area contributed by atoms with Gasteiger partial charge in [0.25, 0.3) is 0 Å². The molecule has 0 bridgehead atoms. The van der Waals surface area contributed by atoms with Gasteiger partial charge in [-0.3, -0.25) is 0 Å². The molecule has 0 aliphatic rings. The highest BCUT2D eigenvalue weighted by Gasteiger charge is 2.10. The van der Waals surface area contributed by atoms with E-state index in [2.05, 4.69) is 18.8 Å². The summed E-state index contributed by atoms with van der Waals surface area (Å²) in [4.78, 5) is 4.38. The first-order valence-corrected chi connectivity index (χ1v) is 7.46. The molecular formula is C16H24N2O2. The second-order valence-corrected chi connectivity index (χ2v) is 5.27. The first kappa shape index (κ1) is 14.9. The zero-order valence-corrected chi connectivity index (χ0v) is 12.4. The van der Waals surface area contributed by atoms with Crippen LogP contribution in [0.4, 0.5) is 5.69 Å². The number of unbranched alkanes of at least 4 members (excludes halogenated alkanes) is 3. The Morgan fingerprint density at radius 3 is 2.90 bits per heavy atom. The van der Waals surface area contributed by atoms with Gasteiger partial charge in [-0.25, -0.2) is 4.98 Å². The highest BCUT2D eigenvalue weighted by Crippen LogP contribution is 2.21. The predicted molar refractivity (Wildman–Crippen MR) is 81.4 cm³/mol. The number of benzene rings is 1. The van der Waals surface area contributed by atoms with Gasteiger partial charge in [-0.15, -0.1) is 0 Å². The Morgan fingerprint density at radius 1 is 1.30 bits per heavy atom. The van der Waals surface area contributed by atoms with Gasteiger partial charge in [-0.05, 0) is 25.5 Å². The lowest BCUT2D eigenvalue weighted by atomic mass is 10.1. The van der Waals surface area contributed by atoms with Crippen molar-refractivity contribution in [2.75, 3.05) is 5.73 Å². The van der Waals surface area contributed by atoms with Crippen LogP contribution in [0.2, 0.25) is 0 Å². The largest absolute Gasteiger partial charge is 0.438 e. The lowest BCUT2D eigenvalue weighted by molar-refractivity contribution is 0.0343. The highest BCUT2D eigenvalue weighted by atomic mass is 16.5. The maximum absolute atomic E-state index is 5.86. The Balaban J connectivity index is 1.82. The van der Waals surface area contributed by atoms with Gasteiger partial charge in [0.15, 0.2) is 5.58 Å². The van der Waals surface area contributed by atoms with Crippen molar-refractivity contribution in [3.8, 4) is 0 Å². The van der Waals surface area contributed by atoms with E-state index in [-0.39, 0.29) is 6.10 Å². The van der Waals surface area contributed by atoms with Crippen LogP contribution in [0.1, 0.15) is 51.8 Å². The van der Waals surface area contributed by atoms with Gasteiger partial charge in [-0.2, -0.15) is 0 Å². The number of hydrogen-bond donors (Lipinski definition) is 1. The Kier molecular flexibility index (Phi) is 5.41. The summed E-state index contributed by atoms with van der Waals surface area (Å²) in [6.45, 7) is 4.73. The number of ether oxygens (including phenoxy) is 1. The first-order valence-electron chi connectivity index (χ1n) is 7.46. The fraction of sp³-hybridized carbons (Fsp3) is 0.562. The number of aromatic nitrogens is 1. The monoisotopic (exact) mass is 276 g/mol. The Morgan fingerprint density at radius 2 is 2.15 bits per heavy atom. The zero-order chi connectivity index (χ0) is 14.4. The predicted octanol–water partition coefficient (Wildman–Crippen LogP) is 4.29. The molecule has 0 saturated heterocycles. The van der Waals surface area contributed by atoms with E-state index in [0.717, 1.165) is 17.5 Å². The minimum absolute atomic E-state index is 0.235. The summed E-state index contributed by atoms with van der Waals surface area (Å²) in [6.07, 6.45) is 6.39. The standard InChI is InChI=1S/C16H24N2O2/c1-3-4-5-6-8-12(2)19-11-15-18-16-13(17)9-7-10-14(16)20-15/h7,9-10,12H,3-6,8,11,17H2,1-2H3. The van der Waals surface area contributed by atoms with E-state index in [4.69, 9.17) is 14.9 Å². The molecule has 4 heteroatoms. The topological polar surface area (TPSA) is 61.3 Å². The number of fused-ring (bicyclic) bond motifs is 1. The van der Waals surface area contributed by atoms with E-state index in [1.165, 1.54) is 25.7 Å². The molecule has 0 fully saturated rings. The minimum Gasteiger partial charge on any atom is -0.438 e. The third kappa shape index (κ3) is 3.97. The summed E-state index contributed by atoms with van der Waals surface area (Å²) >= 11 is 0. The number of para-hydroxylation sites is 1. The average molecular weight is 276 g/mol. The van der Waals surface area contributed by atoms with E-state index in [1.54, 1.807) is 0 Å². The molecule has 110 valence electrons. The first-order chi connectivity index (χ1) is 9.70. The molecule has 1 aromatic carbocycles. The van der Waals surface area contributed by atoms with Crippen molar-refractivity contribution in [3.05, 3.63) is 24.1 Å². The molecule has 1 aromatic heterocycles. The molecular weight excluding hydrogens is 252 g/mol. The maximum atomic E-state index is 5.86. The number of nitrogens with two attached hydrogens (primary N) is 1. The van der Waals surface area contributed by atoms with Crippen molar-refractivity contribution in [1.82, 2.24) is 4.98 Å². The third-order valence-corrected chi connectivity index (χ3v) is 3.45. The van der Waals surface area contributed by atoms with Crippen LogP contribution in [-0.2, 0) is 11.3 Å². The van der Waals surface area contributed by atoms with E-state index in [1.807, 2.05) is 18.2 Å². The molecule has 4 nitrogen and oxygen atoms in total. The molecule has 0 spiro atoms. The van der Waals surface area contributed by atoms with Crippen LogP contribution in [0.15, 0.2) is 22.6 Å². The molecule has 2 rings (SSSR count). The van der Waals surface area contributed by atoms with E-state index in [0.29, 0.717) is 18.2 Å². The van der Waals surface area contributed by atoms with Crippen molar-refractivity contribution in [3.63, 3.8) is 0 Å². The molecule has 2 N–H and O–H groups in total. The number of rotatable bonds is 8. The van der Waals surface area contributed by atoms with Crippen LogP contribution in [0.3, 0.4) is 0 Å². The van der Waals surface area contributed by atoms with E-state index in [9.17, 15) is 0 Å². The zero-order valence-electron chi connectivity index (χ0n) is 12.4.